The highest BCUT2D eigenvalue weighted by molar-refractivity contribution is 5.85. The van der Waals surface area contributed by atoms with Gasteiger partial charge in [0.2, 0.25) is 5.91 Å². The van der Waals surface area contributed by atoms with Crippen molar-refractivity contribution < 1.29 is 28.6 Å². The second kappa shape index (κ2) is 19.3. The smallest absolute Gasteiger partial charge is 0.407 e. The normalized spacial score (nSPS) is 11.4. The van der Waals surface area contributed by atoms with Crippen LogP contribution in [0.3, 0.4) is 0 Å². The van der Waals surface area contributed by atoms with Crippen LogP contribution in [0.1, 0.15) is 46.0 Å². The average Bonchev–Trinajstić information content (AvgIpc) is 2.69. The quantitative estimate of drug-likeness (QED) is 0.261. The van der Waals surface area contributed by atoms with Crippen molar-refractivity contribution in [1.82, 2.24) is 21.3 Å². The Morgan fingerprint density at radius 2 is 1.48 bits per heavy atom. The van der Waals surface area contributed by atoms with Crippen LogP contribution in [0.2, 0.25) is 0 Å². The molecule has 0 aromatic rings. The van der Waals surface area contributed by atoms with E-state index in [-0.39, 0.29) is 12.5 Å². The minimum atomic E-state index is -0.702. The molecule has 0 rings (SSSR count). The molecule has 0 heterocycles. The number of unbranched alkanes of at least 4 members (excludes halogenated alkanes) is 2. The molecule has 0 aromatic heterocycles. The van der Waals surface area contributed by atoms with E-state index in [0.717, 1.165) is 19.4 Å². The maximum absolute atomic E-state index is 12.4. The number of amides is 3. The number of carbonyl (C=O) groups excluding carboxylic acids is 3. The molecule has 1 unspecified atom stereocenters. The molecule has 0 saturated carbocycles. The molecule has 0 radical (unpaired) electrons. The Balaban J connectivity index is 4.15. The first-order valence-electron chi connectivity index (χ1n) is 10.4. The fraction of sp³-hybridized carbons (Fsp3) is 0.842. The van der Waals surface area contributed by atoms with E-state index in [1.54, 1.807) is 13.8 Å². The van der Waals surface area contributed by atoms with Crippen molar-refractivity contribution in [2.24, 2.45) is 0 Å². The maximum Gasteiger partial charge on any atom is 0.407 e. The van der Waals surface area contributed by atoms with Gasteiger partial charge in [-0.2, -0.15) is 0 Å². The highest BCUT2D eigenvalue weighted by Gasteiger charge is 2.20. The van der Waals surface area contributed by atoms with E-state index in [4.69, 9.17) is 14.2 Å². The van der Waals surface area contributed by atoms with E-state index in [1.807, 2.05) is 7.05 Å². The second-order valence-corrected chi connectivity index (χ2v) is 6.27. The van der Waals surface area contributed by atoms with Crippen LogP contribution >= 0.6 is 0 Å². The van der Waals surface area contributed by atoms with Gasteiger partial charge in [0, 0.05) is 19.7 Å². The van der Waals surface area contributed by atoms with Crippen LogP contribution in [0.4, 0.5) is 9.59 Å². The highest BCUT2D eigenvalue weighted by atomic mass is 16.6. The van der Waals surface area contributed by atoms with Crippen molar-refractivity contribution in [3.8, 4) is 0 Å². The van der Waals surface area contributed by atoms with Crippen molar-refractivity contribution in [3.63, 3.8) is 0 Å². The molecule has 0 aliphatic rings. The molecule has 1 atom stereocenters. The van der Waals surface area contributed by atoms with Gasteiger partial charge in [0.25, 0.3) is 0 Å². The third-order valence-electron chi connectivity index (χ3n) is 3.86. The van der Waals surface area contributed by atoms with Gasteiger partial charge in [0.05, 0.1) is 19.8 Å². The molecule has 0 aliphatic heterocycles. The van der Waals surface area contributed by atoms with Gasteiger partial charge in [-0.05, 0) is 59.5 Å². The van der Waals surface area contributed by atoms with Gasteiger partial charge in [-0.3, -0.25) is 4.79 Å². The summed E-state index contributed by atoms with van der Waals surface area (Å²) in [6, 6.07) is -0.702. The highest BCUT2D eigenvalue weighted by Crippen LogP contribution is 2.02. The van der Waals surface area contributed by atoms with E-state index >= 15 is 0 Å². The van der Waals surface area contributed by atoms with Crippen molar-refractivity contribution in [2.75, 3.05) is 53.1 Å². The minimum absolute atomic E-state index is 0.227. The topological polar surface area (TPSA) is 127 Å². The maximum atomic E-state index is 12.4. The molecular weight excluding hydrogens is 380 g/mol. The summed E-state index contributed by atoms with van der Waals surface area (Å²) in [5.74, 6) is -0.282. The molecule has 0 saturated heterocycles. The Kier molecular flexibility index (Phi) is 17.9. The summed E-state index contributed by atoms with van der Waals surface area (Å²) in [6.07, 6.45) is 2.64. The first kappa shape index (κ1) is 26.9. The molecule has 0 fully saturated rings. The molecule has 10 heteroatoms. The number of rotatable bonds is 17. The van der Waals surface area contributed by atoms with E-state index < -0.39 is 18.2 Å². The van der Waals surface area contributed by atoms with Crippen LogP contribution in [-0.4, -0.2) is 77.2 Å². The number of nitrogens with one attached hydrogen (secondary N) is 4. The van der Waals surface area contributed by atoms with Crippen LogP contribution in [-0.2, 0) is 19.0 Å². The fourth-order valence-electron chi connectivity index (χ4n) is 2.41. The van der Waals surface area contributed by atoms with E-state index in [9.17, 15) is 14.4 Å². The van der Waals surface area contributed by atoms with Crippen LogP contribution in [0.15, 0.2) is 0 Å². The third kappa shape index (κ3) is 16.6. The minimum Gasteiger partial charge on any atom is -0.450 e. The van der Waals surface area contributed by atoms with E-state index in [2.05, 4.69) is 21.3 Å². The Hall–Kier alpha value is -2.07. The molecule has 170 valence electrons. The molecule has 0 spiro atoms. The average molecular weight is 419 g/mol. The Morgan fingerprint density at radius 1 is 0.793 bits per heavy atom. The lowest BCUT2D eigenvalue weighted by Crippen LogP contribution is -2.47. The van der Waals surface area contributed by atoms with E-state index in [0.29, 0.717) is 52.2 Å². The third-order valence-corrected chi connectivity index (χ3v) is 3.86. The summed E-state index contributed by atoms with van der Waals surface area (Å²) >= 11 is 0. The molecule has 3 amide bonds. The summed E-state index contributed by atoms with van der Waals surface area (Å²) in [7, 11) is 1.91. The first-order chi connectivity index (χ1) is 14.0. The molecule has 4 N–H and O–H groups in total. The Morgan fingerprint density at radius 3 is 2.17 bits per heavy atom. The zero-order valence-corrected chi connectivity index (χ0v) is 18.0. The molecule has 0 bridgehead atoms. The van der Waals surface area contributed by atoms with Gasteiger partial charge in [-0.1, -0.05) is 0 Å². The molecular formula is C19H38N4O6. The SMILES string of the molecule is CCOC(=O)NCCCCC(NC(=O)OCC)C(=O)NCCOCCCCNC. The lowest BCUT2D eigenvalue weighted by atomic mass is 10.1. The predicted molar refractivity (Wildman–Crippen MR) is 110 cm³/mol. The Labute approximate surface area is 173 Å². The zero-order chi connectivity index (χ0) is 21.7. The number of ether oxygens (including phenoxy) is 3. The number of hydrogen-bond acceptors (Lipinski definition) is 7. The summed E-state index contributed by atoms with van der Waals surface area (Å²) in [5.41, 5.74) is 0. The summed E-state index contributed by atoms with van der Waals surface area (Å²) < 4.78 is 15.1. The molecule has 29 heavy (non-hydrogen) atoms. The van der Waals surface area contributed by atoms with Gasteiger partial charge in [0.15, 0.2) is 0 Å². The molecule has 0 aliphatic carbocycles. The van der Waals surface area contributed by atoms with Gasteiger partial charge < -0.3 is 35.5 Å². The number of hydrogen-bond donors (Lipinski definition) is 4. The van der Waals surface area contributed by atoms with Gasteiger partial charge in [0.1, 0.15) is 6.04 Å². The van der Waals surface area contributed by atoms with Crippen LogP contribution in [0.25, 0.3) is 0 Å². The summed E-state index contributed by atoms with van der Waals surface area (Å²) in [5, 5.41) is 11.0. The summed E-state index contributed by atoms with van der Waals surface area (Å²) in [6.45, 7) is 6.81. The van der Waals surface area contributed by atoms with Gasteiger partial charge in [-0.15, -0.1) is 0 Å². The second-order valence-electron chi connectivity index (χ2n) is 6.27. The van der Waals surface area contributed by atoms with Crippen LogP contribution in [0, 0.1) is 0 Å². The van der Waals surface area contributed by atoms with Crippen molar-refractivity contribution in [2.45, 2.75) is 52.0 Å². The number of alkyl carbamates (subject to hydrolysis) is 2. The molecule has 0 aromatic carbocycles. The Bertz CT molecular complexity index is 450. The predicted octanol–water partition coefficient (Wildman–Crippen LogP) is 1.15. The zero-order valence-electron chi connectivity index (χ0n) is 18.0. The number of carbonyl (C=O) groups is 3. The summed E-state index contributed by atoms with van der Waals surface area (Å²) in [4.78, 5) is 35.3. The van der Waals surface area contributed by atoms with Gasteiger partial charge in [-0.25, -0.2) is 9.59 Å². The van der Waals surface area contributed by atoms with Crippen LogP contribution < -0.4 is 21.3 Å². The van der Waals surface area contributed by atoms with Crippen LogP contribution in [0.5, 0.6) is 0 Å². The molecule has 10 nitrogen and oxygen atoms in total. The largest absolute Gasteiger partial charge is 0.450 e. The van der Waals surface area contributed by atoms with Crippen molar-refractivity contribution in [1.29, 1.82) is 0 Å². The fourth-order valence-corrected chi connectivity index (χ4v) is 2.41. The van der Waals surface area contributed by atoms with Gasteiger partial charge >= 0.3 is 12.2 Å². The van der Waals surface area contributed by atoms with Crippen molar-refractivity contribution in [3.05, 3.63) is 0 Å². The lowest BCUT2D eigenvalue weighted by Gasteiger charge is -2.18. The first-order valence-corrected chi connectivity index (χ1v) is 10.4. The lowest BCUT2D eigenvalue weighted by molar-refractivity contribution is -0.123. The standard InChI is InChI=1S/C19H38N4O6/c1-4-28-18(25)22-12-7-6-10-16(23-19(26)29-5-2)17(24)21-13-15-27-14-9-8-11-20-3/h16,20H,4-15H2,1-3H3,(H,21,24)(H,22,25)(H,23,26). The van der Waals surface area contributed by atoms with E-state index in [1.165, 1.54) is 0 Å². The monoisotopic (exact) mass is 418 g/mol. The van der Waals surface area contributed by atoms with Crippen molar-refractivity contribution >= 4 is 18.1 Å².